The van der Waals surface area contributed by atoms with E-state index in [4.69, 9.17) is 4.98 Å². The van der Waals surface area contributed by atoms with Gasteiger partial charge in [-0.15, -0.1) is 0 Å². The maximum atomic E-state index is 4.72. The van der Waals surface area contributed by atoms with Crippen molar-refractivity contribution < 1.29 is 0 Å². The standard InChI is InChI=1S/C14H23N3/c1-3-15-10-13-9-11(2)16-14(17-13)12-7-5-4-6-8-12/h9,12,15H,3-8,10H2,1-2H3. The van der Waals surface area contributed by atoms with Crippen molar-refractivity contribution in [3.8, 4) is 0 Å². The van der Waals surface area contributed by atoms with Crippen LogP contribution in [-0.4, -0.2) is 16.5 Å². The number of rotatable bonds is 4. The molecule has 0 unspecified atom stereocenters. The molecule has 1 fully saturated rings. The lowest BCUT2D eigenvalue weighted by Gasteiger charge is -2.21. The molecule has 0 saturated heterocycles. The average Bonchev–Trinajstić information content (AvgIpc) is 2.37. The third-order valence-electron chi connectivity index (χ3n) is 3.45. The van der Waals surface area contributed by atoms with Crippen LogP contribution < -0.4 is 5.32 Å². The minimum absolute atomic E-state index is 0.601. The predicted molar refractivity (Wildman–Crippen MR) is 70.0 cm³/mol. The second kappa shape index (κ2) is 6.10. The van der Waals surface area contributed by atoms with Gasteiger partial charge in [0.05, 0.1) is 5.69 Å². The second-order valence-corrected chi connectivity index (χ2v) is 4.97. The number of hydrogen-bond donors (Lipinski definition) is 1. The van der Waals surface area contributed by atoms with Gasteiger partial charge in [-0.3, -0.25) is 0 Å². The van der Waals surface area contributed by atoms with Crippen LogP contribution in [0.2, 0.25) is 0 Å². The molecule has 1 heterocycles. The van der Waals surface area contributed by atoms with E-state index >= 15 is 0 Å². The molecule has 1 aliphatic rings. The number of nitrogens with zero attached hydrogens (tertiary/aromatic N) is 2. The summed E-state index contributed by atoms with van der Waals surface area (Å²) in [6.45, 7) is 6.04. The lowest BCUT2D eigenvalue weighted by Crippen LogP contribution is -2.16. The summed E-state index contributed by atoms with van der Waals surface area (Å²) in [4.78, 5) is 9.35. The van der Waals surface area contributed by atoms with E-state index < -0.39 is 0 Å². The van der Waals surface area contributed by atoms with Crippen LogP contribution >= 0.6 is 0 Å². The zero-order chi connectivity index (χ0) is 12.1. The first-order chi connectivity index (χ1) is 8.29. The Morgan fingerprint density at radius 3 is 2.71 bits per heavy atom. The third-order valence-corrected chi connectivity index (χ3v) is 3.45. The smallest absolute Gasteiger partial charge is 0.131 e. The van der Waals surface area contributed by atoms with Crippen LogP contribution in [-0.2, 0) is 6.54 Å². The Hall–Kier alpha value is -0.960. The maximum Gasteiger partial charge on any atom is 0.131 e. The molecule has 0 radical (unpaired) electrons. The Kier molecular flexibility index (Phi) is 4.49. The summed E-state index contributed by atoms with van der Waals surface area (Å²) >= 11 is 0. The summed E-state index contributed by atoms with van der Waals surface area (Å²) in [5.74, 6) is 1.68. The molecule has 3 nitrogen and oxygen atoms in total. The lowest BCUT2D eigenvalue weighted by atomic mass is 9.88. The lowest BCUT2D eigenvalue weighted by molar-refractivity contribution is 0.426. The highest BCUT2D eigenvalue weighted by Crippen LogP contribution is 2.30. The molecule has 3 heteroatoms. The quantitative estimate of drug-likeness (QED) is 0.869. The van der Waals surface area contributed by atoms with Crippen LogP contribution in [0.5, 0.6) is 0 Å². The van der Waals surface area contributed by atoms with Gasteiger partial charge in [-0.05, 0) is 32.4 Å². The second-order valence-electron chi connectivity index (χ2n) is 4.97. The van der Waals surface area contributed by atoms with E-state index in [0.717, 1.165) is 30.3 Å². The molecule has 1 aromatic heterocycles. The Morgan fingerprint density at radius 2 is 2.00 bits per heavy atom. The zero-order valence-corrected chi connectivity index (χ0v) is 11.0. The van der Waals surface area contributed by atoms with E-state index in [1.54, 1.807) is 0 Å². The van der Waals surface area contributed by atoms with Gasteiger partial charge in [-0.1, -0.05) is 26.2 Å². The first-order valence-corrected chi connectivity index (χ1v) is 6.84. The highest BCUT2D eigenvalue weighted by atomic mass is 14.9. The van der Waals surface area contributed by atoms with Crippen molar-refractivity contribution in [1.82, 2.24) is 15.3 Å². The van der Waals surface area contributed by atoms with Gasteiger partial charge in [0.15, 0.2) is 0 Å². The van der Waals surface area contributed by atoms with E-state index in [9.17, 15) is 0 Å². The van der Waals surface area contributed by atoms with Crippen molar-refractivity contribution >= 4 is 0 Å². The summed E-state index contributed by atoms with van der Waals surface area (Å²) in [5.41, 5.74) is 2.24. The van der Waals surface area contributed by atoms with Crippen LogP contribution in [0.3, 0.4) is 0 Å². The van der Waals surface area contributed by atoms with Gasteiger partial charge in [0.1, 0.15) is 5.82 Å². The highest BCUT2D eigenvalue weighted by Gasteiger charge is 2.18. The molecule has 1 aromatic rings. The van der Waals surface area contributed by atoms with Gasteiger partial charge in [-0.2, -0.15) is 0 Å². The van der Waals surface area contributed by atoms with Crippen LogP contribution in [0.15, 0.2) is 6.07 Å². The molecule has 0 aromatic carbocycles. The van der Waals surface area contributed by atoms with E-state index in [2.05, 4.69) is 30.2 Å². The predicted octanol–water partition coefficient (Wildman–Crippen LogP) is 2.94. The Bertz CT molecular complexity index is 356. The van der Waals surface area contributed by atoms with Crippen LogP contribution in [0.25, 0.3) is 0 Å². The van der Waals surface area contributed by atoms with E-state index in [1.807, 2.05) is 0 Å². The monoisotopic (exact) mass is 233 g/mol. The molecule has 1 saturated carbocycles. The summed E-state index contributed by atoms with van der Waals surface area (Å²) in [6.07, 6.45) is 6.59. The molecule has 1 aliphatic carbocycles. The van der Waals surface area contributed by atoms with Crippen LogP contribution in [0.1, 0.15) is 62.2 Å². The number of nitrogens with one attached hydrogen (secondary N) is 1. The average molecular weight is 233 g/mol. The Labute approximate surface area is 104 Å². The van der Waals surface area contributed by atoms with Crippen molar-refractivity contribution in [1.29, 1.82) is 0 Å². The molecule has 0 bridgehead atoms. The first kappa shape index (κ1) is 12.5. The largest absolute Gasteiger partial charge is 0.311 e. The normalized spacial score (nSPS) is 17.3. The number of aryl methyl sites for hydroxylation is 1. The Morgan fingerprint density at radius 1 is 1.24 bits per heavy atom. The molecular weight excluding hydrogens is 210 g/mol. The number of aromatic nitrogens is 2. The van der Waals surface area contributed by atoms with E-state index in [1.165, 1.54) is 32.1 Å². The Balaban J connectivity index is 2.12. The summed E-state index contributed by atoms with van der Waals surface area (Å²) in [5, 5.41) is 3.33. The fraction of sp³-hybridized carbons (Fsp3) is 0.714. The molecule has 0 atom stereocenters. The minimum Gasteiger partial charge on any atom is -0.311 e. The van der Waals surface area contributed by atoms with Gasteiger partial charge >= 0.3 is 0 Å². The van der Waals surface area contributed by atoms with Crippen LogP contribution in [0, 0.1) is 6.92 Å². The van der Waals surface area contributed by atoms with Crippen molar-refractivity contribution in [2.75, 3.05) is 6.54 Å². The van der Waals surface area contributed by atoms with Gasteiger partial charge in [-0.25, -0.2) is 9.97 Å². The summed E-state index contributed by atoms with van der Waals surface area (Å²) in [7, 11) is 0. The third kappa shape index (κ3) is 3.50. The molecule has 94 valence electrons. The van der Waals surface area contributed by atoms with Gasteiger partial charge in [0, 0.05) is 18.2 Å². The maximum absolute atomic E-state index is 4.72. The molecule has 0 amide bonds. The van der Waals surface area contributed by atoms with E-state index in [0.29, 0.717) is 5.92 Å². The van der Waals surface area contributed by atoms with Crippen molar-refractivity contribution in [3.63, 3.8) is 0 Å². The van der Waals surface area contributed by atoms with Crippen molar-refractivity contribution in [3.05, 3.63) is 23.3 Å². The molecular formula is C14H23N3. The minimum atomic E-state index is 0.601. The van der Waals surface area contributed by atoms with Crippen molar-refractivity contribution in [2.45, 2.75) is 58.4 Å². The van der Waals surface area contributed by atoms with E-state index in [-0.39, 0.29) is 0 Å². The molecule has 0 spiro atoms. The van der Waals surface area contributed by atoms with Gasteiger partial charge < -0.3 is 5.32 Å². The molecule has 2 rings (SSSR count). The summed E-state index contributed by atoms with van der Waals surface area (Å²) in [6, 6.07) is 2.09. The van der Waals surface area contributed by atoms with Crippen molar-refractivity contribution in [2.24, 2.45) is 0 Å². The molecule has 0 aliphatic heterocycles. The van der Waals surface area contributed by atoms with Gasteiger partial charge in [0.25, 0.3) is 0 Å². The highest BCUT2D eigenvalue weighted by molar-refractivity contribution is 5.12. The zero-order valence-electron chi connectivity index (χ0n) is 11.0. The van der Waals surface area contributed by atoms with Crippen LogP contribution in [0.4, 0.5) is 0 Å². The molecule has 1 N–H and O–H groups in total. The van der Waals surface area contributed by atoms with Gasteiger partial charge in [0.2, 0.25) is 0 Å². The molecule has 17 heavy (non-hydrogen) atoms. The number of hydrogen-bond acceptors (Lipinski definition) is 3. The fourth-order valence-electron chi connectivity index (χ4n) is 2.55. The topological polar surface area (TPSA) is 37.8 Å². The summed E-state index contributed by atoms with van der Waals surface area (Å²) < 4.78 is 0. The SMILES string of the molecule is CCNCc1cc(C)nc(C2CCCCC2)n1. The fourth-order valence-corrected chi connectivity index (χ4v) is 2.55. The first-order valence-electron chi connectivity index (χ1n) is 6.84.